The molecule has 0 aliphatic carbocycles. The molecule has 1 fully saturated rings. The molecule has 0 radical (unpaired) electrons. The number of hydrogen-bond acceptors (Lipinski definition) is 2. The number of ketones is 1. The van der Waals surface area contributed by atoms with Crippen LogP contribution in [0.3, 0.4) is 0 Å². The van der Waals surface area contributed by atoms with Crippen molar-refractivity contribution in [3.63, 3.8) is 0 Å². The Bertz CT molecular complexity index is 675. The Balaban J connectivity index is 1.82. The van der Waals surface area contributed by atoms with E-state index in [0.717, 1.165) is 31.5 Å². The summed E-state index contributed by atoms with van der Waals surface area (Å²) in [6.07, 6.45) is 3.52. The number of piperidine rings is 1. The number of carbonyl (C=O) groups is 2. The summed E-state index contributed by atoms with van der Waals surface area (Å²) in [4.78, 5) is 27.6. The Hall–Kier alpha value is -2.42. The average molecular weight is 321 g/mol. The minimum atomic E-state index is -0.392. The molecule has 1 unspecified atom stereocenters. The molecule has 1 saturated heterocycles. The lowest BCUT2D eigenvalue weighted by Crippen LogP contribution is -2.39. The molecule has 1 aliphatic rings. The number of nitrogens with zero attached hydrogens (tertiary/aromatic N) is 1. The molecule has 3 rings (SSSR count). The van der Waals surface area contributed by atoms with Crippen molar-refractivity contribution in [1.29, 1.82) is 0 Å². The normalized spacial score (nSPS) is 15.8. The number of hydrogen-bond donors (Lipinski definition) is 0. The minimum absolute atomic E-state index is 0.0230. The van der Waals surface area contributed by atoms with Gasteiger partial charge in [0.1, 0.15) is 0 Å². The zero-order chi connectivity index (χ0) is 16.8. The predicted octanol–water partition coefficient (Wildman–Crippen LogP) is 4.06. The Morgan fingerprint density at radius 3 is 2.04 bits per heavy atom. The summed E-state index contributed by atoms with van der Waals surface area (Å²) in [5.74, 6) is -0.281. The van der Waals surface area contributed by atoms with Crippen LogP contribution in [0.5, 0.6) is 0 Å². The van der Waals surface area contributed by atoms with Crippen LogP contribution < -0.4 is 0 Å². The van der Waals surface area contributed by atoms with Crippen LogP contribution in [-0.4, -0.2) is 29.7 Å². The van der Waals surface area contributed by atoms with Gasteiger partial charge in [-0.2, -0.15) is 0 Å². The van der Waals surface area contributed by atoms with E-state index >= 15 is 0 Å². The van der Waals surface area contributed by atoms with Crippen molar-refractivity contribution in [2.75, 3.05) is 13.1 Å². The minimum Gasteiger partial charge on any atom is -0.342 e. The fraction of sp³-hybridized carbons (Fsp3) is 0.333. The SMILES string of the molecule is O=C(CC(C(=O)N1CCCCC1)c1ccccc1)c1ccccc1. The van der Waals surface area contributed by atoms with Crippen molar-refractivity contribution in [3.8, 4) is 0 Å². The largest absolute Gasteiger partial charge is 0.342 e. The summed E-state index contributed by atoms with van der Waals surface area (Å²) in [6.45, 7) is 1.61. The number of Topliss-reactive ketones (excluding diaryl/α,β-unsaturated/α-hetero) is 1. The van der Waals surface area contributed by atoms with Gasteiger partial charge in [-0.3, -0.25) is 9.59 Å². The van der Waals surface area contributed by atoms with Crippen molar-refractivity contribution in [1.82, 2.24) is 4.90 Å². The van der Waals surface area contributed by atoms with Crippen LogP contribution in [0, 0.1) is 0 Å². The standard InChI is InChI=1S/C21H23NO2/c23-20(18-12-6-2-7-13-18)16-19(17-10-4-1-5-11-17)21(24)22-14-8-3-9-15-22/h1-2,4-7,10-13,19H,3,8-9,14-16H2. The molecule has 0 saturated carbocycles. The second-order valence-electron chi connectivity index (χ2n) is 6.34. The lowest BCUT2D eigenvalue weighted by atomic mass is 9.89. The monoisotopic (exact) mass is 321 g/mol. The number of amides is 1. The Morgan fingerprint density at radius 1 is 0.833 bits per heavy atom. The fourth-order valence-corrected chi connectivity index (χ4v) is 3.30. The first-order valence-electron chi connectivity index (χ1n) is 8.67. The van der Waals surface area contributed by atoms with Gasteiger partial charge in [0.15, 0.2) is 5.78 Å². The first-order valence-corrected chi connectivity index (χ1v) is 8.67. The summed E-state index contributed by atoms with van der Waals surface area (Å²) >= 11 is 0. The van der Waals surface area contributed by atoms with Gasteiger partial charge in [-0.15, -0.1) is 0 Å². The zero-order valence-electron chi connectivity index (χ0n) is 13.9. The molecule has 3 heteroatoms. The van der Waals surface area contributed by atoms with E-state index < -0.39 is 5.92 Å². The van der Waals surface area contributed by atoms with Crippen LogP contribution >= 0.6 is 0 Å². The van der Waals surface area contributed by atoms with E-state index in [-0.39, 0.29) is 18.1 Å². The summed E-state index contributed by atoms with van der Waals surface area (Å²) < 4.78 is 0. The Kier molecular flexibility index (Phi) is 5.42. The van der Waals surface area contributed by atoms with Gasteiger partial charge in [0.25, 0.3) is 0 Å². The molecule has 1 aliphatic heterocycles. The van der Waals surface area contributed by atoms with Gasteiger partial charge in [0, 0.05) is 25.1 Å². The second-order valence-corrected chi connectivity index (χ2v) is 6.34. The molecule has 0 spiro atoms. The highest BCUT2D eigenvalue weighted by Crippen LogP contribution is 2.26. The van der Waals surface area contributed by atoms with Crippen molar-refractivity contribution in [3.05, 3.63) is 71.8 Å². The molecule has 0 aromatic heterocycles. The number of likely N-dealkylation sites (tertiary alicyclic amines) is 1. The van der Waals surface area contributed by atoms with Crippen molar-refractivity contribution >= 4 is 11.7 Å². The van der Waals surface area contributed by atoms with E-state index in [0.29, 0.717) is 5.56 Å². The number of carbonyl (C=O) groups excluding carboxylic acids is 2. The molecular weight excluding hydrogens is 298 g/mol. The summed E-state index contributed by atoms with van der Waals surface area (Å²) in [5, 5.41) is 0. The average Bonchev–Trinajstić information content (AvgIpc) is 2.67. The van der Waals surface area contributed by atoms with Crippen LogP contribution in [0.15, 0.2) is 60.7 Å². The van der Waals surface area contributed by atoms with Gasteiger partial charge < -0.3 is 4.90 Å². The highest BCUT2D eigenvalue weighted by atomic mass is 16.2. The maximum Gasteiger partial charge on any atom is 0.230 e. The molecule has 3 nitrogen and oxygen atoms in total. The van der Waals surface area contributed by atoms with E-state index in [4.69, 9.17) is 0 Å². The van der Waals surface area contributed by atoms with Crippen LogP contribution in [0.1, 0.15) is 47.5 Å². The van der Waals surface area contributed by atoms with Crippen LogP contribution in [0.25, 0.3) is 0 Å². The van der Waals surface area contributed by atoms with Gasteiger partial charge in [-0.25, -0.2) is 0 Å². The van der Waals surface area contributed by atoms with Gasteiger partial charge in [0.05, 0.1) is 5.92 Å². The highest BCUT2D eigenvalue weighted by Gasteiger charge is 2.29. The van der Waals surface area contributed by atoms with Crippen LogP contribution in [0.2, 0.25) is 0 Å². The molecule has 1 atom stereocenters. The quantitative estimate of drug-likeness (QED) is 0.779. The lowest BCUT2D eigenvalue weighted by Gasteiger charge is -2.30. The molecule has 2 aromatic rings. The number of benzene rings is 2. The molecule has 24 heavy (non-hydrogen) atoms. The molecule has 1 heterocycles. The Morgan fingerprint density at radius 2 is 1.42 bits per heavy atom. The predicted molar refractivity (Wildman–Crippen MR) is 95.0 cm³/mol. The third-order valence-electron chi connectivity index (χ3n) is 4.65. The topological polar surface area (TPSA) is 37.4 Å². The highest BCUT2D eigenvalue weighted by molar-refractivity contribution is 6.00. The third-order valence-corrected chi connectivity index (χ3v) is 4.65. The molecule has 1 amide bonds. The lowest BCUT2D eigenvalue weighted by molar-refractivity contribution is -0.133. The van der Waals surface area contributed by atoms with Crippen LogP contribution in [-0.2, 0) is 4.79 Å². The van der Waals surface area contributed by atoms with E-state index in [1.807, 2.05) is 65.6 Å². The van der Waals surface area contributed by atoms with Gasteiger partial charge in [-0.05, 0) is 24.8 Å². The fourth-order valence-electron chi connectivity index (χ4n) is 3.30. The van der Waals surface area contributed by atoms with Gasteiger partial charge in [0.2, 0.25) is 5.91 Å². The smallest absolute Gasteiger partial charge is 0.230 e. The molecule has 0 N–H and O–H groups in total. The first kappa shape index (κ1) is 16.4. The van der Waals surface area contributed by atoms with E-state index in [1.54, 1.807) is 0 Å². The summed E-state index contributed by atoms with van der Waals surface area (Å²) in [6, 6.07) is 18.9. The Labute approximate surface area is 143 Å². The van der Waals surface area contributed by atoms with Crippen molar-refractivity contribution in [2.45, 2.75) is 31.6 Å². The van der Waals surface area contributed by atoms with E-state index in [1.165, 1.54) is 6.42 Å². The maximum absolute atomic E-state index is 13.0. The zero-order valence-corrected chi connectivity index (χ0v) is 13.9. The van der Waals surface area contributed by atoms with Gasteiger partial charge >= 0.3 is 0 Å². The summed E-state index contributed by atoms with van der Waals surface area (Å²) in [7, 11) is 0. The van der Waals surface area contributed by atoms with E-state index in [9.17, 15) is 9.59 Å². The molecule has 2 aromatic carbocycles. The summed E-state index contributed by atoms with van der Waals surface area (Å²) in [5.41, 5.74) is 1.60. The first-order chi connectivity index (χ1) is 11.8. The second kappa shape index (κ2) is 7.91. The molecule has 0 bridgehead atoms. The van der Waals surface area contributed by atoms with Crippen molar-refractivity contribution < 1.29 is 9.59 Å². The molecule has 124 valence electrons. The van der Waals surface area contributed by atoms with Crippen molar-refractivity contribution in [2.24, 2.45) is 0 Å². The van der Waals surface area contributed by atoms with Gasteiger partial charge in [-0.1, -0.05) is 60.7 Å². The third kappa shape index (κ3) is 3.91. The number of rotatable bonds is 5. The van der Waals surface area contributed by atoms with Crippen LogP contribution in [0.4, 0.5) is 0 Å². The molecular formula is C21H23NO2. The van der Waals surface area contributed by atoms with E-state index in [2.05, 4.69) is 0 Å². The maximum atomic E-state index is 13.0.